The second-order valence-electron chi connectivity index (χ2n) is 7.08. The van der Waals surface area contributed by atoms with Crippen molar-refractivity contribution in [1.29, 1.82) is 0 Å². The number of hydrogen-bond acceptors (Lipinski definition) is 7. The summed E-state index contributed by atoms with van der Waals surface area (Å²) in [5.74, 6) is 1.51. The van der Waals surface area contributed by atoms with E-state index in [0.717, 1.165) is 23.4 Å². The van der Waals surface area contributed by atoms with Gasteiger partial charge < -0.3 is 24.1 Å². The maximum atomic E-state index is 12.4. The number of hydrogen-bond donors (Lipinski definition) is 1. The van der Waals surface area contributed by atoms with Crippen LogP contribution >= 0.6 is 0 Å². The van der Waals surface area contributed by atoms with Crippen LogP contribution in [0.1, 0.15) is 29.9 Å². The molecule has 0 aliphatic carbocycles. The minimum atomic E-state index is -0.264. The average Bonchev–Trinajstić information content (AvgIpc) is 3.36. The van der Waals surface area contributed by atoms with Crippen LogP contribution in [0.5, 0.6) is 0 Å². The molecule has 1 fully saturated rings. The zero-order chi connectivity index (χ0) is 18.7. The molecule has 4 heterocycles. The summed E-state index contributed by atoms with van der Waals surface area (Å²) in [6.07, 6.45) is 4.71. The lowest BCUT2D eigenvalue weighted by Gasteiger charge is -2.34. The topological polar surface area (TPSA) is 89.7 Å². The zero-order valence-electron chi connectivity index (χ0n) is 15.4. The molecule has 0 unspecified atom stereocenters. The SMILES string of the molecule is COCCC(=O)N1CC[C@]2(COCc3cnc(NCc4ccco4)nc32)C1. The summed E-state index contributed by atoms with van der Waals surface area (Å²) in [6, 6.07) is 3.76. The number of aromatic nitrogens is 2. The molecule has 8 heteroatoms. The molecule has 144 valence electrons. The van der Waals surface area contributed by atoms with E-state index in [1.807, 2.05) is 23.2 Å². The van der Waals surface area contributed by atoms with Crippen molar-refractivity contribution in [3.63, 3.8) is 0 Å². The van der Waals surface area contributed by atoms with Gasteiger partial charge in [-0.2, -0.15) is 0 Å². The Morgan fingerprint density at radius 3 is 3.22 bits per heavy atom. The number of amides is 1. The van der Waals surface area contributed by atoms with E-state index in [0.29, 0.717) is 51.8 Å². The molecular weight excluding hydrogens is 348 g/mol. The highest BCUT2D eigenvalue weighted by molar-refractivity contribution is 5.77. The van der Waals surface area contributed by atoms with Crippen LogP contribution < -0.4 is 5.32 Å². The first-order valence-electron chi connectivity index (χ1n) is 9.17. The molecule has 2 aliphatic rings. The van der Waals surface area contributed by atoms with E-state index in [-0.39, 0.29) is 11.3 Å². The molecule has 1 spiro atoms. The van der Waals surface area contributed by atoms with Gasteiger partial charge in [-0.25, -0.2) is 9.97 Å². The number of anilines is 1. The number of methoxy groups -OCH3 is 1. The molecule has 0 aromatic carbocycles. The highest BCUT2D eigenvalue weighted by Crippen LogP contribution is 2.39. The number of nitrogens with zero attached hydrogens (tertiary/aromatic N) is 3. The van der Waals surface area contributed by atoms with Crippen LogP contribution in [0.15, 0.2) is 29.0 Å². The minimum Gasteiger partial charge on any atom is -0.467 e. The number of fused-ring (bicyclic) bond motifs is 2. The van der Waals surface area contributed by atoms with Crippen molar-refractivity contribution in [3.05, 3.63) is 41.6 Å². The van der Waals surface area contributed by atoms with E-state index in [1.165, 1.54) is 0 Å². The van der Waals surface area contributed by atoms with Gasteiger partial charge in [0.05, 0.1) is 50.2 Å². The predicted molar refractivity (Wildman–Crippen MR) is 97.1 cm³/mol. The third-order valence-corrected chi connectivity index (χ3v) is 5.23. The lowest BCUT2D eigenvalue weighted by atomic mass is 9.80. The highest BCUT2D eigenvalue weighted by Gasteiger charge is 2.46. The summed E-state index contributed by atoms with van der Waals surface area (Å²) in [4.78, 5) is 23.5. The van der Waals surface area contributed by atoms with Crippen molar-refractivity contribution >= 4 is 11.9 Å². The van der Waals surface area contributed by atoms with E-state index < -0.39 is 0 Å². The summed E-state index contributed by atoms with van der Waals surface area (Å²) >= 11 is 0. The van der Waals surface area contributed by atoms with Gasteiger partial charge in [0.25, 0.3) is 0 Å². The molecular formula is C19H24N4O4. The first-order valence-corrected chi connectivity index (χ1v) is 9.17. The van der Waals surface area contributed by atoms with E-state index in [9.17, 15) is 4.79 Å². The van der Waals surface area contributed by atoms with Crippen LogP contribution in [0.3, 0.4) is 0 Å². The summed E-state index contributed by atoms with van der Waals surface area (Å²) in [5, 5.41) is 3.21. The van der Waals surface area contributed by atoms with Crippen LogP contribution in [-0.4, -0.2) is 54.2 Å². The monoisotopic (exact) mass is 372 g/mol. The quantitative estimate of drug-likeness (QED) is 0.826. The van der Waals surface area contributed by atoms with Crippen molar-refractivity contribution in [2.75, 3.05) is 38.7 Å². The fourth-order valence-electron chi connectivity index (χ4n) is 3.80. The number of ether oxygens (including phenoxy) is 2. The summed E-state index contributed by atoms with van der Waals surface area (Å²) in [6.45, 7) is 3.38. The average molecular weight is 372 g/mol. The second-order valence-corrected chi connectivity index (χ2v) is 7.08. The fourth-order valence-corrected chi connectivity index (χ4v) is 3.80. The summed E-state index contributed by atoms with van der Waals surface area (Å²) in [5.41, 5.74) is 1.73. The first kappa shape index (κ1) is 17.9. The molecule has 0 saturated carbocycles. The molecule has 2 aromatic rings. The van der Waals surface area contributed by atoms with Gasteiger partial charge in [0.2, 0.25) is 11.9 Å². The highest BCUT2D eigenvalue weighted by atomic mass is 16.5. The molecule has 0 radical (unpaired) electrons. The van der Waals surface area contributed by atoms with Crippen molar-refractivity contribution < 1.29 is 18.7 Å². The molecule has 8 nitrogen and oxygen atoms in total. The standard InChI is InChI=1S/C19H24N4O4/c1-25-8-4-16(24)23-6-5-19(12-23)13-26-11-14-9-20-18(22-17(14)19)21-10-15-3-2-7-27-15/h2-3,7,9H,4-6,8,10-13H2,1H3,(H,20,21,22)/t19-/m1/s1. The molecule has 1 atom stereocenters. The number of carbonyl (C=O) groups excluding carboxylic acids is 1. The number of carbonyl (C=O) groups is 1. The molecule has 2 aliphatic heterocycles. The maximum Gasteiger partial charge on any atom is 0.224 e. The number of likely N-dealkylation sites (tertiary alicyclic amines) is 1. The molecule has 1 N–H and O–H groups in total. The molecule has 2 aromatic heterocycles. The van der Waals surface area contributed by atoms with Crippen molar-refractivity contribution in [3.8, 4) is 0 Å². The fraction of sp³-hybridized carbons (Fsp3) is 0.526. The van der Waals surface area contributed by atoms with Crippen LogP contribution in [0, 0.1) is 0 Å². The van der Waals surface area contributed by atoms with Gasteiger partial charge in [0.15, 0.2) is 0 Å². The maximum absolute atomic E-state index is 12.4. The molecule has 1 saturated heterocycles. The number of rotatable bonds is 6. The normalized spacial score (nSPS) is 21.4. The second kappa shape index (κ2) is 7.66. The van der Waals surface area contributed by atoms with Gasteiger partial charge in [-0.1, -0.05) is 0 Å². The van der Waals surface area contributed by atoms with Crippen LogP contribution in [-0.2, 0) is 32.8 Å². The Morgan fingerprint density at radius 2 is 2.41 bits per heavy atom. The van der Waals surface area contributed by atoms with Gasteiger partial charge in [0.1, 0.15) is 5.76 Å². The Kier molecular flexibility index (Phi) is 5.09. The van der Waals surface area contributed by atoms with Crippen LogP contribution in [0.25, 0.3) is 0 Å². The van der Waals surface area contributed by atoms with Gasteiger partial charge in [-0.3, -0.25) is 4.79 Å². The minimum absolute atomic E-state index is 0.117. The van der Waals surface area contributed by atoms with Gasteiger partial charge in [-0.15, -0.1) is 0 Å². The van der Waals surface area contributed by atoms with Crippen molar-refractivity contribution in [1.82, 2.24) is 14.9 Å². The number of furan rings is 1. The smallest absolute Gasteiger partial charge is 0.224 e. The van der Waals surface area contributed by atoms with Gasteiger partial charge in [0, 0.05) is 32.0 Å². The third kappa shape index (κ3) is 3.68. The molecule has 0 bridgehead atoms. The van der Waals surface area contributed by atoms with Crippen molar-refractivity contribution in [2.24, 2.45) is 0 Å². The van der Waals surface area contributed by atoms with Crippen LogP contribution in [0.4, 0.5) is 5.95 Å². The predicted octanol–water partition coefficient (Wildman–Crippen LogP) is 1.72. The Morgan fingerprint density at radius 1 is 1.48 bits per heavy atom. The van der Waals surface area contributed by atoms with Gasteiger partial charge in [-0.05, 0) is 18.6 Å². The molecule has 1 amide bonds. The van der Waals surface area contributed by atoms with E-state index in [2.05, 4.69) is 10.3 Å². The van der Waals surface area contributed by atoms with E-state index in [4.69, 9.17) is 18.9 Å². The molecule has 27 heavy (non-hydrogen) atoms. The molecule has 4 rings (SSSR count). The Balaban J connectivity index is 1.51. The lowest BCUT2D eigenvalue weighted by Crippen LogP contribution is -2.42. The summed E-state index contributed by atoms with van der Waals surface area (Å²) < 4.78 is 16.2. The van der Waals surface area contributed by atoms with Gasteiger partial charge >= 0.3 is 0 Å². The third-order valence-electron chi connectivity index (χ3n) is 5.23. The Labute approximate surface area is 157 Å². The van der Waals surface area contributed by atoms with E-state index in [1.54, 1.807) is 13.4 Å². The Hall–Kier alpha value is -2.45. The first-order chi connectivity index (χ1) is 13.2. The summed E-state index contributed by atoms with van der Waals surface area (Å²) in [7, 11) is 1.61. The van der Waals surface area contributed by atoms with Crippen LogP contribution in [0.2, 0.25) is 0 Å². The largest absolute Gasteiger partial charge is 0.467 e. The number of nitrogens with one attached hydrogen (secondary N) is 1. The lowest BCUT2D eigenvalue weighted by molar-refractivity contribution is -0.131. The zero-order valence-corrected chi connectivity index (χ0v) is 15.4. The van der Waals surface area contributed by atoms with E-state index >= 15 is 0 Å². The van der Waals surface area contributed by atoms with Crippen molar-refractivity contribution in [2.45, 2.75) is 31.4 Å². The Bertz CT molecular complexity index is 795.